The first-order valence-electron chi connectivity index (χ1n) is 7.11. The molecule has 0 saturated carbocycles. The van der Waals surface area contributed by atoms with E-state index < -0.39 is 0 Å². The maximum absolute atomic E-state index is 5.06. The zero-order valence-corrected chi connectivity index (χ0v) is 17.2. The highest BCUT2D eigenvalue weighted by Gasteiger charge is 2.05. The number of nitrogens with one attached hydrogen (secondary N) is 2. The van der Waals surface area contributed by atoms with Crippen LogP contribution in [0.25, 0.3) is 0 Å². The Morgan fingerprint density at radius 3 is 2.59 bits per heavy atom. The number of methoxy groups -OCH3 is 1. The molecule has 2 N–H and O–H groups in total. The summed E-state index contributed by atoms with van der Waals surface area (Å²) < 4.78 is 5.06. The summed E-state index contributed by atoms with van der Waals surface area (Å²) in [7, 11) is 5.58. The fraction of sp³-hybridized carbons (Fsp3) is 0.714. The Kier molecular flexibility index (Phi) is 11.8. The van der Waals surface area contributed by atoms with Crippen LogP contribution in [0.5, 0.6) is 0 Å². The fourth-order valence-electron chi connectivity index (χ4n) is 1.72. The van der Waals surface area contributed by atoms with Crippen LogP contribution in [0.1, 0.15) is 15.6 Å². The van der Waals surface area contributed by atoms with Crippen LogP contribution in [0.4, 0.5) is 0 Å². The Morgan fingerprint density at radius 1 is 1.32 bits per heavy atom. The van der Waals surface area contributed by atoms with Gasteiger partial charge in [-0.05, 0) is 20.9 Å². The molecule has 0 radical (unpaired) electrons. The highest BCUT2D eigenvalue weighted by molar-refractivity contribution is 14.0. The highest BCUT2D eigenvalue weighted by atomic mass is 127. The van der Waals surface area contributed by atoms with Crippen LogP contribution in [-0.4, -0.2) is 63.3 Å². The Labute approximate surface area is 154 Å². The zero-order chi connectivity index (χ0) is 15.7. The molecule has 0 unspecified atom stereocenters. The Hall–Kier alpha value is -0.450. The van der Waals surface area contributed by atoms with Crippen molar-refractivity contribution in [3.63, 3.8) is 0 Å². The van der Waals surface area contributed by atoms with Crippen molar-refractivity contribution in [2.45, 2.75) is 20.4 Å². The van der Waals surface area contributed by atoms with Gasteiger partial charge >= 0.3 is 0 Å². The summed E-state index contributed by atoms with van der Waals surface area (Å²) in [5, 5.41) is 7.68. The van der Waals surface area contributed by atoms with Crippen molar-refractivity contribution in [3.8, 4) is 0 Å². The maximum Gasteiger partial charge on any atom is 0.191 e. The van der Waals surface area contributed by atoms with Crippen molar-refractivity contribution in [2.75, 3.05) is 47.4 Å². The van der Waals surface area contributed by atoms with E-state index in [0.29, 0.717) is 6.54 Å². The van der Waals surface area contributed by atoms with Gasteiger partial charge < -0.3 is 20.3 Å². The van der Waals surface area contributed by atoms with Gasteiger partial charge in [-0.2, -0.15) is 0 Å². The van der Waals surface area contributed by atoms with Crippen LogP contribution < -0.4 is 10.6 Å². The van der Waals surface area contributed by atoms with E-state index in [4.69, 9.17) is 4.74 Å². The molecule has 0 aliphatic rings. The minimum absolute atomic E-state index is 0. The van der Waals surface area contributed by atoms with E-state index in [-0.39, 0.29) is 24.0 Å². The highest BCUT2D eigenvalue weighted by Crippen LogP contribution is 2.15. The fourth-order valence-corrected chi connectivity index (χ4v) is 2.59. The molecule has 0 spiro atoms. The van der Waals surface area contributed by atoms with Crippen molar-refractivity contribution >= 4 is 41.3 Å². The van der Waals surface area contributed by atoms with Gasteiger partial charge in [-0.15, -0.1) is 35.3 Å². The van der Waals surface area contributed by atoms with Gasteiger partial charge in [0, 0.05) is 38.7 Å². The molecular formula is C14H28IN5OS. The minimum atomic E-state index is 0. The number of hydrogen-bond acceptors (Lipinski definition) is 5. The third kappa shape index (κ3) is 8.25. The molecule has 0 bridgehead atoms. The Bertz CT molecular complexity index is 433. The predicted octanol–water partition coefficient (Wildman–Crippen LogP) is 1.62. The quantitative estimate of drug-likeness (QED) is 0.365. The summed E-state index contributed by atoms with van der Waals surface area (Å²) in [5.74, 6) is 0.806. The number of guanidine groups is 1. The van der Waals surface area contributed by atoms with E-state index in [0.717, 1.165) is 42.9 Å². The first kappa shape index (κ1) is 21.6. The van der Waals surface area contributed by atoms with Crippen LogP contribution in [0.15, 0.2) is 4.99 Å². The molecule has 0 aliphatic carbocycles. The number of aryl methyl sites for hydroxylation is 2. The van der Waals surface area contributed by atoms with Gasteiger partial charge in [0.05, 0.1) is 18.8 Å². The lowest BCUT2D eigenvalue weighted by atomic mass is 10.4. The van der Waals surface area contributed by atoms with Crippen LogP contribution in [0.3, 0.4) is 0 Å². The number of halogens is 1. The number of thiazole rings is 1. The molecule has 1 rings (SSSR count). The van der Waals surface area contributed by atoms with Gasteiger partial charge in [-0.3, -0.25) is 4.99 Å². The predicted molar refractivity (Wildman–Crippen MR) is 105 cm³/mol. The number of aliphatic imine (C=N–C) groups is 1. The van der Waals surface area contributed by atoms with Crippen molar-refractivity contribution in [1.82, 2.24) is 20.5 Å². The molecule has 0 amide bonds. The van der Waals surface area contributed by atoms with Gasteiger partial charge in [-0.1, -0.05) is 0 Å². The second-order valence-corrected chi connectivity index (χ2v) is 6.19. The number of aromatic nitrogens is 1. The molecule has 128 valence electrons. The third-order valence-electron chi connectivity index (χ3n) is 3.17. The lowest BCUT2D eigenvalue weighted by molar-refractivity contribution is 0.162. The third-order valence-corrected chi connectivity index (χ3v) is 4.24. The second kappa shape index (κ2) is 12.0. The van der Waals surface area contributed by atoms with Crippen molar-refractivity contribution in [3.05, 3.63) is 15.6 Å². The first-order valence-corrected chi connectivity index (χ1v) is 7.93. The van der Waals surface area contributed by atoms with E-state index in [2.05, 4.69) is 39.5 Å². The monoisotopic (exact) mass is 441 g/mol. The molecule has 8 heteroatoms. The molecule has 0 atom stereocenters. The smallest absolute Gasteiger partial charge is 0.191 e. The second-order valence-electron chi connectivity index (χ2n) is 4.90. The van der Waals surface area contributed by atoms with E-state index in [1.807, 2.05) is 6.92 Å². The maximum atomic E-state index is 5.06. The normalized spacial score (nSPS) is 11.5. The van der Waals surface area contributed by atoms with E-state index in [1.54, 1.807) is 25.5 Å². The van der Waals surface area contributed by atoms with Crippen LogP contribution >= 0.6 is 35.3 Å². The summed E-state index contributed by atoms with van der Waals surface area (Å²) in [6, 6.07) is 0. The minimum Gasteiger partial charge on any atom is -0.383 e. The van der Waals surface area contributed by atoms with Crippen molar-refractivity contribution < 1.29 is 4.74 Å². The molecule has 1 aromatic heterocycles. The lowest BCUT2D eigenvalue weighted by Gasteiger charge is -2.17. The molecule has 22 heavy (non-hydrogen) atoms. The number of hydrogen-bond donors (Lipinski definition) is 2. The topological polar surface area (TPSA) is 61.8 Å². The van der Waals surface area contributed by atoms with E-state index >= 15 is 0 Å². The average molecular weight is 441 g/mol. The number of likely N-dealkylation sites (N-methyl/N-ethyl adjacent to an activating group) is 1. The molecule has 0 aliphatic heterocycles. The summed E-state index contributed by atoms with van der Waals surface area (Å²) in [6.07, 6.45) is 0. The number of nitrogens with zero attached hydrogens (tertiary/aromatic N) is 3. The standard InChI is InChI=1S/C14H27N5OS.HI/c1-11-12(2)21-13(18-11)10-17-14(15-3)16-6-7-19(4)8-9-20-5;/h6-10H2,1-5H3,(H2,15,16,17);1H. The van der Waals surface area contributed by atoms with E-state index in [9.17, 15) is 0 Å². The number of ether oxygens (including phenoxy) is 1. The molecular weight excluding hydrogens is 413 g/mol. The SMILES string of the molecule is CN=C(NCCN(C)CCOC)NCc1nc(C)c(C)s1.I. The van der Waals surface area contributed by atoms with Crippen LogP contribution in [-0.2, 0) is 11.3 Å². The van der Waals surface area contributed by atoms with Gasteiger partial charge in [0.2, 0.25) is 0 Å². The van der Waals surface area contributed by atoms with Crippen molar-refractivity contribution in [1.29, 1.82) is 0 Å². The van der Waals surface area contributed by atoms with Gasteiger partial charge in [0.15, 0.2) is 5.96 Å². The summed E-state index contributed by atoms with van der Waals surface area (Å²) in [4.78, 5) is 12.2. The average Bonchev–Trinajstić information content (AvgIpc) is 2.79. The molecule has 6 nitrogen and oxygen atoms in total. The molecule has 1 aromatic rings. The van der Waals surface area contributed by atoms with Gasteiger partial charge in [0.25, 0.3) is 0 Å². The number of rotatable bonds is 8. The summed E-state index contributed by atoms with van der Waals surface area (Å²) in [6.45, 7) is 8.32. The molecule has 0 aromatic carbocycles. The van der Waals surface area contributed by atoms with Gasteiger partial charge in [0.1, 0.15) is 5.01 Å². The molecule has 1 heterocycles. The Morgan fingerprint density at radius 2 is 2.05 bits per heavy atom. The first-order chi connectivity index (χ1) is 10.1. The summed E-state index contributed by atoms with van der Waals surface area (Å²) in [5.41, 5.74) is 1.11. The van der Waals surface area contributed by atoms with Crippen LogP contribution in [0.2, 0.25) is 0 Å². The lowest BCUT2D eigenvalue weighted by Crippen LogP contribution is -2.41. The largest absolute Gasteiger partial charge is 0.383 e. The van der Waals surface area contributed by atoms with Crippen molar-refractivity contribution in [2.24, 2.45) is 4.99 Å². The molecule has 0 fully saturated rings. The Balaban J connectivity index is 0.00000441. The van der Waals surface area contributed by atoms with E-state index in [1.165, 1.54) is 4.88 Å². The summed E-state index contributed by atoms with van der Waals surface area (Å²) >= 11 is 1.73. The zero-order valence-electron chi connectivity index (χ0n) is 14.1. The molecule has 0 saturated heterocycles. The van der Waals surface area contributed by atoms with Crippen LogP contribution in [0, 0.1) is 13.8 Å². The van der Waals surface area contributed by atoms with Gasteiger partial charge in [-0.25, -0.2) is 4.98 Å².